The lowest BCUT2D eigenvalue weighted by Gasteiger charge is -1.97. The fourth-order valence-electron chi connectivity index (χ4n) is 0.643. The molecule has 0 saturated carbocycles. The van der Waals surface area contributed by atoms with E-state index in [4.69, 9.17) is 5.73 Å². The van der Waals surface area contributed by atoms with E-state index in [0.717, 1.165) is 18.8 Å². The van der Waals surface area contributed by atoms with Crippen molar-refractivity contribution in [1.29, 1.82) is 0 Å². The Morgan fingerprint density at radius 3 is 3.20 bits per heavy atom. The van der Waals surface area contributed by atoms with Crippen LogP contribution in [0.5, 0.6) is 0 Å². The van der Waals surface area contributed by atoms with Crippen molar-refractivity contribution in [2.75, 3.05) is 13.1 Å². The molecule has 0 aliphatic heterocycles. The van der Waals surface area contributed by atoms with Gasteiger partial charge >= 0.3 is 0 Å². The summed E-state index contributed by atoms with van der Waals surface area (Å²) in [6, 6.07) is 0. The zero-order valence-corrected chi connectivity index (χ0v) is 6.53. The number of nitrogens with one attached hydrogen (secondary N) is 1. The summed E-state index contributed by atoms with van der Waals surface area (Å²) in [4.78, 5) is 4.10. The summed E-state index contributed by atoms with van der Waals surface area (Å²) < 4.78 is 0. The van der Waals surface area contributed by atoms with Gasteiger partial charge in [0, 0.05) is 25.0 Å². The quantitative estimate of drug-likeness (QED) is 0.613. The van der Waals surface area contributed by atoms with Crippen LogP contribution in [0.3, 0.4) is 0 Å². The van der Waals surface area contributed by atoms with Gasteiger partial charge in [0.2, 0.25) is 0 Å². The van der Waals surface area contributed by atoms with Crippen molar-refractivity contribution in [3.8, 4) is 0 Å². The lowest BCUT2D eigenvalue weighted by molar-refractivity contribution is 0.685. The van der Waals surface area contributed by atoms with Gasteiger partial charge in [-0.15, -0.1) is 11.3 Å². The molecule has 0 aromatic carbocycles. The number of hydrogen-bond acceptors (Lipinski definition) is 4. The molecule has 1 aromatic heterocycles. The first-order valence-electron chi connectivity index (χ1n) is 3.21. The van der Waals surface area contributed by atoms with Gasteiger partial charge in [-0.2, -0.15) is 0 Å². The Morgan fingerprint density at radius 1 is 1.70 bits per heavy atom. The third-order valence-corrected chi connectivity index (χ3v) is 1.75. The second-order valence-electron chi connectivity index (χ2n) is 1.95. The van der Waals surface area contributed by atoms with Crippen LogP contribution in [0, 0.1) is 0 Å². The van der Waals surface area contributed by atoms with Gasteiger partial charge in [-0.05, 0) is 0 Å². The minimum Gasteiger partial charge on any atom is -0.329 e. The molecule has 0 atom stereocenters. The van der Waals surface area contributed by atoms with E-state index in [-0.39, 0.29) is 0 Å². The highest BCUT2D eigenvalue weighted by Crippen LogP contribution is 1.98. The first kappa shape index (κ1) is 7.65. The Labute approximate surface area is 64.3 Å². The Kier molecular flexibility index (Phi) is 3.35. The van der Waals surface area contributed by atoms with Gasteiger partial charge in [0.15, 0.2) is 0 Å². The van der Waals surface area contributed by atoms with E-state index in [1.54, 1.807) is 11.3 Å². The van der Waals surface area contributed by atoms with Crippen molar-refractivity contribution < 1.29 is 0 Å². The number of nitrogens with two attached hydrogens (primary N) is 1. The fraction of sp³-hybridized carbons (Fsp3) is 0.500. The maximum Gasteiger partial charge on any atom is 0.0795 e. The molecule has 0 bridgehead atoms. The lowest BCUT2D eigenvalue weighted by Crippen LogP contribution is -2.21. The molecule has 10 heavy (non-hydrogen) atoms. The summed E-state index contributed by atoms with van der Waals surface area (Å²) in [5, 5.41) is 5.19. The monoisotopic (exact) mass is 157 g/mol. The Morgan fingerprint density at radius 2 is 2.60 bits per heavy atom. The van der Waals surface area contributed by atoms with Gasteiger partial charge in [-0.25, -0.2) is 4.98 Å². The molecule has 0 aliphatic rings. The Bertz CT molecular complexity index is 162. The maximum absolute atomic E-state index is 5.29. The van der Waals surface area contributed by atoms with Gasteiger partial charge in [0.1, 0.15) is 0 Å². The molecule has 1 heterocycles. The van der Waals surface area contributed by atoms with Crippen molar-refractivity contribution >= 4 is 11.3 Å². The van der Waals surface area contributed by atoms with Crippen molar-refractivity contribution in [1.82, 2.24) is 10.3 Å². The number of aromatic nitrogens is 1. The van der Waals surface area contributed by atoms with Gasteiger partial charge in [0.25, 0.3) is 0 Å². The van der Waals surface area contributed by atoms with E-state index in [9.17, 15) is 0 Å². The van der Waals surface area contributed by atoms with Gasteiger partial charge in [-0.1, -0.05) is 0 Å². The van der Waals surface area contributed by atoms with E-state index in [0.29, 0.717) is 6.54 Å². The number of thiazole rings is 1. The predicted octanol–water partition coefficient (Wildman–Crippen LogP) is 0.191. The standard InChI is InChI=1S/C6H11N3S/c7-1-2-8-3-6-4-10-5-9-6/h4-5,8H,1-3,7H2. The SMILES string of the molecule is NCCNCc1cscn1. The highest BCUT2D eigenvalue weighted by molar-refractivity contribution is 7.07. The molecule has 1 rings (SSSR count). The van der Waals surface area contributed by atoms with E-state index in [2.05, 4.69) is 10.3 Å². The molecular weight excluding hydrogens is 146 g/mol. The third kappa shape index (κ3) is 2.43. The van der Waals surface area contributed by atoms with Gasteiger partial charge in [0.05, 0.1) is 11.2 Å². The summed E-state index contributed by atoms with van der Waals surface area (Å²) in [6.45, 7) is 2.38. The second kappa shape index (κ2) is 4.38. The van der Waals surface area contributed by atoms with Crippen LogP contribution >= 0.6 is 11.3 Å². The zero-order valence-electron chi connectivity index (χ0n) is 5.71. The molecule has 0 unspecified atom stereocenters. The summed E-state index contributed by atoms with van der Waals surface area (Å²) in [5.41, 5.74) is 8.22. The van der Waals surface area contributed by atoms with E-state index in [1.807, 2.05) is 10.9 Å². The third-order valence-electron chi connectivity index (χ3n) is 1.11. The molecule has 0 radical (unpaired) electrons. The second-order valence-corrected chi connectivity index (χ2v) is 2.66. The zero-order chi connectivity index (χ0) is 7.23. The lowest BCUT2D eigenvalue weighted by atomic mass is 10.5. The van der Waals surface area contributed by atoms with Gasteiger partial charge < -0.3 is 11.1 Å². The number of hydrogen-bond donors (Lipinski definition) is 2. The molecule has 0 aliphatic carbocycles. The van der Waals surface area contributed by atoms with Crippen molar-refractivity contribution in [3.63, 3.8) is 0 Å². The smallest absolute Gasteiger partial charge is 0.0795 e. The summed E-state index contributed by atoms with van der Waals surface area (Å²) in [5.74, 6) is 0. The number of nitrogens with zero attached hydrogens (tertiary/aromatic N) is 1. The molecule has 0 fully saturated rings. The Hall–Kier alpha value is -0.450. The summed E-state index contributed by atoms with van der Waals surface area (Å²) in [7, 11) is 0. The molecule has 3 nitrogen and oxygen atoms in total. The van der Waals surface area contributed by atoms with Crippen LogP contribution in [0.25, 0.3) is 0 Å². The van der Waals surface area contributed by atoms with Crippen molar-refractivity contribution in [2.24, 2.45) is 5.73 Å². The van der Waals surface area contributed by atoms with E-state index in [1.165, 1.54) is 0 Å². The van der Waals surface area contributed by atoms with Gasteiger partial charge in [-0.3, -0.25) is 0 Å². The van der Waals surface area contributed by atoms with Crippen molar-refractivity contribution in [2.45, 2.75) is 6.54 Å². The molecule has 56 valence electrons. The molecule has 1 aromatic rings. The van der Waals surface area contributed by atoms with Crippen LogP contribution in [0.4, 0.5) is 0 Å². The largest absolute Gasteiger partial charge is 0.329 e. The molecule has 3 N–H and O–H groups in total. The van der Waals surface area contributed by atoms with Crippen molar-refractivity contribution in [3.05, 3.63) is 16.6 Å². The average Bonchev–Trinajstić information content (AvgIpc) is 2.41. The van der Waals surface area contributed by atoms with Crippen LogP contribution in [0.1, 0.15) is 5.69 Å². The van der Waals surface area contributed by atoms with Crippen LogP contribution in [0.2, 0.25) is 0 Å². The normalized spacial score (nSPS) is 10.1. The topological polar surface area (TPSA) is 50.9 Å². The minimum atomic E-state index is 0.685. The van der Waals surface area contributed by atoms with Crippen LogP contribution in [0.15, 0.2) is 10.9 Å². The average molecular weight is 157 g/mol. The molecule has 0 saturated heterocycles. The molecule has 0 spiro atoms. The highest BCUT2D eigenvalue weighted by atomic mass is 32.1. The minimum absolute atomic E-state index is 0.685. The van der Waals surface area contributed by atoms with Crippen LogP contribution in [-0.2, 0) is 6.54 Å². The van der Waals surface area contributed by atoms with E-state index >= 15 is 0 Å². The van der Waals surface area contributed by atoms with Crippen LogP contribution < -0.4 is 11.1 Å². The summed E-state index contributed by atoms with van der Waals surface area (Å²) >= 11 is 1.62. The first-order valence-corrected chi connectivity index (χ1v) is 4.15. The van der Waals surface area contributed by atoms with E-state index < -0.39 is 0 Å². The number of rotatable bonds is 4. The van der Waals surface area contributed by atoms with Crippen LogP contribution in [-0.4, -0.2) is 18.1 Å². The molecule has 0 amide bonds. The fourth-order valence-corrected chi connectivity index (χ4v) is 1.20. The summed E-state index contributed by atoms with van der Waals surface area (Å²) in [6.07, 6.45) is 0. The maximum atomic E-state index is 5.29. The Balaban J connectivity index is 2.15. The molecule has 4 heteroatoms. The molecular formula is C6H11N3S. The predicted molar refractivity (Wildman–Crippen MR) is 42.9 cm³/mol. The first-order chi connectivity index (χ1) is 4.93. The highest BCUT2D eigenvalue weighted by Gasteiger charge is 1.90.